The van der Waals surface area contributed by atoms with Crippen molar-refractivity contribution in [3.8, 4) is 0 Å². The molecule has 0 aliphatic rings. The van der Waals surface area contributed by atoms with Gasteiger partial charge in [0.05, 0.1) is 0 Å². The highest BCUT2D eigenvalue weighted by atomic mass is 14.1. The van der Waals surface area contributed by atoms with Gasteiger partial charge in [-0.3, -0.25) is 0 Å². The molecule has 121 valence electrons. The van der Waals surface area contributed by atoms with Crippen molar-refractivity contribution in [2.24, 2.45) is 5.92 Å². The molecule has 0 aromatic carbocycles. The lowest BCUT2D eigenvalue weighted by molar-refractivity contribution is 0.406. The zero-order valence-corrected chi connectivity index (χ0v) is 14.6. The van der Waals surface area contributed by atoms with Gasteiger partial charge in [0.2, 0.25) is 0 Å². The molecule has 0 spiro atoms. The number of unbranched alkanes of at least 4 members (excludes halogenated alkanes) is 11. The summed E-state index contributed by atoms with van der Waals surface area (Å²) in [5.74, 6) is 0.913. The monoisotopic (exact) mass is 281 g/mol. The van der Waals surface area contributed by atoms with E-state index in [0.717, 1.165) is 12.3 Å². The Kier molecular flexibility index (Phi) is 17.1. The quantitative estimate of drug-likeness (QED) is 0.254. The van der Waals surface area contributed by atoms with E-state index in [2.05, 4.69) is 20.8 Å². The molecule has 0 bridgehead atoms. The first kappa shape index (κ1) is 20.0. The maximum absolute atomic E-state index is 4.14. The Labute approximate surface area is 130 Å². The van der Waals surface area contributed by atoms with Gasteiger partial charge in [-0.25, -0.2) is 0 Å². The van der Waals surface area contributed by atoms with Crippen molar-refractivity contribution < 1.29 is 0 Å². The summed E-state index contributed by atoms with van der Waals surface area (Å²) in [7, 11) is 0. The van der Waals surface area contributed by atoms with Crippen LogP contribution in [0.25, 0.3) is 0 Å². The number of hydrogen-bond donors (Lipinski definition) is 0. The van der Waals surface area contributed by atoms with E-state index in [1.165, 1.54) is 96.3 Å². The normalized spacial score (nSPS) is 12.8. The van der Waals surface area contributed by atoms with Crippen molar-refractivity contribution in [1.29, 1.82) is 0 Å². The molecule has 0 amide bonds. The molecular weight excluding hydrogens is 240 g/mol. The van der Waals surface area contributed by atoms with Crippen LogP contribution in [-0.2, 0) is 0 Å². The van der Waals surface area contributed by atoms with E-state index in [0.29, 0.717) is 0 Å². The summed E-state index contributed by atoms with van der Waals surface area (Å²) >= 11 is 0. The van der Waals surface area contributed by atoms with E-state index in [1.807, 2.05) is 0 Å². The molecule has 0 heteroatoms. The second kappa shape index (κ2) is 17.1. The van der Waals surface area contributed by atoms with Crippen LogP contribution >= 0.6 is 0 Å². The lowest BCUT2D eigenvalue weighted by Crippen LogP contribution is -1.99. The molecule has 0 aliphatic carbocycles. The summed E-state index contributed by atoms with van der Waals surface area (Å²) in [4.78, 5) is 0. The number of hydrogen-bond acceptors (Lipinski definition) is 0. The Morgan fingerprint density at radius 2 is 0.900 bits per heavy atom. The summed E-state index contributed by atoms with van der Waals surface area (Å²) < 4.78 is 0. The highest BCUT2D eigenvalue weighted by molar-refractivity contribution is 4.62. The lowest BCUT2D eigenvalue weighted by Gasteiger charge is -2.14. The van der Waals surface area contributed by atoms with Crippen LogP contribution in [0.1, 0.15) is 117 Å². The van der Waals surface area contributed by atoms with E-state index in [9.17, 15) is 0 Å². The van der Waals surface area contributed by atoms with Gasteiger partial charge in [0.25, 0.3) is 0 Å². The fourth-order valence-electron chi connectivity index (χ4n) is 3.04. The van der Waals surface area contributed by atoms with Gasteiger partial charge in [0.15, 0.2) is 0 Å². The van der Waals surface area contributed by atoms with Crippen LogP contribution < -0.4 is 0 Å². The minimum atomic E-state index is 0.913. The summed E-state index contributed by atoms with van der Waals surface area (Å²) in [6.45, 7) is 8.73. The van der Waals surface area contributed by atoms with Gasteiger partial charge in [0.1, 0.15) is 0 Å². The molecule has 0 fully saturated rings. The molecule has 0 rings (SSSR count). The Balaban J connectivity index is 3.24. The van der Waals surface area contributed by atoms with Gasteiger partial charge in [-0.2, -0.15) is 0 Å². The summed E-state index contributed by atoms with van der Waals surface area (Å²) in [5.41, 5.74) is 0. The smallest absolute Gasteiger partial charge is 0.0414 e. The predicted molar refractivity (Wildman–Crippen MR) is 94.1 cm³/mol. The Bertz CT molecular complexity index is 161. The maximum Gasteiger partial charge on any atom is -0.0414 e. The van der Waals surface area contributed by atoms with Crippen LogP contribution in [0.3, 0.4) is 0 Å². The van der Waals surface area contributed by atoms with Gasteiger partial charge in [-0.15, -0.1) is 0 Å². The molecule has 0 nitrogen and oxygen atoms in total. The van der Waals surface area contributed by atoms with Gasteiger partial charge >= 0.3 is 0 Å². The third-order valence-corrected chi connectivity index (χ3v) is 4.59. The van der Waals surface area contributed by atoms with Crippen LogP contribution in [0, 0.1) is 12.8 Å². The second-order valence-electron chi connectivity index (χ2n) is 6.62. The molecule has 0 aromatic rings. The van der Waals surface area contributed by atoms with Crippen molar-refractivity contribution in [2.45, 2.75) is 117 Å². The van der Waals surface area contributed by atoms with Gasteiger partial charge in [0, 0.05) is 0 Å². The molecule has 1 radical (unpaired) electrons. The molecule has 1 unspecified atom stereocenters. The Hall–Kier alpha value is 0. The topological polar surface area (TPSA) is 0 Å². The summed E-state index contributed by atoms with van der Waals surface area (Å²) in [6, 6.07) is 0. The molecule has 0 heterocycles. The Morgan fingerprint density at radius 1 is 0.550 bits per heavy atom. The lowest BCUT2D eigenvalue weighted by atomic mass is 9.92. The third kappa shape index (κ3) is 14.4. The maximum atomic E-state index is 4.14. The molecule has 0 saturated carbocycles. The zero-order valence-electron chi connectivity index (χ0n) is 14.6. The SMILES string of the molecule is [CH2]CC(CCCCCC)CCCCCCCCCCC. The highest BCUT2D eigenvalue weighted by Gasteiger charge is 2.05. The average Bonchev–Trinajstić information content (AvgIpc) is 2.47. The van der Waals surface area contributed by atoms with Crippen molar-refractivity contribution >= 4 is 0 Å². The molecule has 0 aromatic heterocycles. The van der Waals surface area contributed by atoms with Gasteiger partial charge in [-0.1, -0.05) is 124 Å². The summed E-state index contributed by atoms with van der Waals surface area (Å²) in [6.07, 6.45) is 22.7. The second-order valence-corrected chi connectivity index (χ2v) is 6.62. The van der Waals surface area contributed by atoms with E-state index < -0.39 is 0 Å². The molecule has 0 N–H and O–H groups in total. The zero-order chi connectivity index (χ0) is 14.9. The predicted octanol–water partition coefficient (Wildman–Crippen LogP) is 7.72. The molecule has 20 heavy (non-hydrogen) atoms. The largest absolute Gasteiger partial charge is 0.0654 e. The van der Waals surface area contributed by atoms with Crippen LogP contribution in [0.4, 0.5) is 0 Å². The number of rotatable bonds is 16. The van der Waals surface area contributed by atoms with Crippen LogP contribution in [0.15, 0.2) is 0 Å². The summed E-state index contributed by atoms with van der Waals surface area (Å²) in [5, 5.41) is 0. The average molecular weight is 282 g/mol. The van der Waals surface area contributed by atoms with E-state index in [-0.39, 0.29) is 0 Å². The van der Waals surface area contributed by atoms with Crippen LogP contribution in [0.2, 0.25) is 0 Å². The standard InChI is InChI=1S/C20H41/c1-4-7-9-11-12-13-14-15-17-19-20(6-3)18-16-10-8-5-2/h20H,3-19H2,1-2H3. The molecule has 0 saturated heterocycles. The van der Waals surface area contributed by atoms with E-state index >= 15 is 0 Å². The first-order valence-corrected chi connectivity index (χ1v) is 9.64. The molecule has 1 atom stereocenters. The third-order valence-electron chi connectivity index (χ3n) is 4.59. The molecule has 0 aliphatic heterocycles. The van der Waals surface area contributed by atoms with E-state index in [4.69, 9.17) is 0 Å². The van der Waals surface area contributed by atoms with Gasteiger partial charge < -0.3 is 0 Å². The van der Waals surface area contributed by atoms with Crippen LogP contribution in [-0.4, -0.2) is 0 Å². The first-order chi connectivity index (χ1) is 9.85. The van der Waals surface area contributed by atoms with E-state index in [1.54, 1.807) is 0 Å². The van der Waals surface area contributed by atoms with Crippen molar-refractivity contribution in [3.63, 3.8) is 0 Å². The Morgan fingerprint density at radius 3 is 1.30 bits per heavy atom. The highest BCUT2D eigenvalue weighted by Crippen LogP contribution is 2.21. The molecular formula is C20H41. The first-order valence-electron chi connectivity index (χ1n) is 9.64. The minimum absolute atomic E-state index is 0.913. The van der Waals surface area contributed by atoms with Crippen molar-refractivity contribution in [1.82, 2.24) is 0 Å². The van der Waals surface area contributed by atoms with Gasteiger partial charge in [-0.05, 0) is 5.92 Å². The van der Waals surface area contributed by atoms with Crippen LogP contribution in [0.5, 0.6) is 0 Å². The van der Waals surface area contributed by atoms with Crippen molar-refractivity contribution in [3.05, 3.63) is 6.92 Å². The fraction of sp³-hybridized carbons (Fsp3) is 0.950. The minimum Gasteiger partial charge on any atom is -0.0654 e. The fourth-order valence-corrected chi connectivity index (χ4v) is 3.04. The van der Waals surface area contributed by atoms with Crippen molar-refractivity contribution in [2.75, 3.05) is 0 Å².